The SMILES string of the molecule is Nc1ccc(O)c(C#CCC=O)c1. The molecular weight excluding hydrogens is 166 g/mol. The van der Waals surface area contributed by atoms with Crippen molar-refractivity contribution in [3.63, 3.8) is 0 Å². The Bertz CT molecular complexity index is 374. The predicted octanol–water partition coefficient (Wildman–Crippen LogP) is 0.915. The van der Waals surface area contributed by atoms with Crippen LogP contribution in [0, 0.1) is 11.8 Å². The molecule has 0 aromatic heterocycles. The van der Waals surface area contributed by atoms with E-state index in [0.29, 0.717) is 17.5 Å². The zero-order valence-corrected chi connectivity index (χ0v) is 6.95. The van der Waals surface area contributed by atoms with Gasteiger partial charge in [0.15, 0.2) is 0 Å². The van der Waals surface area contributed by atoms with Crippen molar-refractivity contribution in [2.24, 2.45) is 0 Å². The molecule has 3 heteroatoms. The van der Waals surface area contributed by atoms with Gasteiger partial charge in [-0.3, -0.25) is 0 Å². The molecule has 0 radical (unpaired) electrons. The van der Waals surface area contributed by atoms with E-state index in [1.54, 1.807) is 12.1 Å². The van der Waals surface area contributed by atoms with Gasteiger partial charge in [-0.1, -0.05) is 11.8 Å². The Morgan fingerprint density at radius 2 is 2.31 bits per heavy atom. The summed E-state index contributed by atoms with van der Waals surface area (Å²) in [5.74, 6) is 5.31. The van der Waals surface area contributed by atoms with Crippen molar-refractivity contribution in [3.05, 3.63) is 23.8 Å². The molecule has 1 aromatic rings. The molecule has 0 amide bonds. The number of nitrogens with two attached hydrogens (primary N) is 1. The van der Waals surface area contributed by atoms with Gasteiger partial charge in [0.25, 0.3) is 0 Å². The van der Waals surface area contributed by atoms with E-state index >= 15 is 0 Å². The topological polar surface area (TPSA) is 63.3 Å². The summed E-state index contributed by atoms with van der Waals surface area (Å²) in [5, 5.41) is 9.29. The average molecular weight is 175 g/mol. The summed E-state index contributed by atoms with van der Waals surface area (Å²) >= 11 is 0. The number of benzene rings is 1. The third kappa shape index (κ3) is 2.53. The second-order valence-electron chi connectivity index (χ2n) is 2.45. The van der Waals surface area contributed by atoms with E-state index in [9.17, 15) is 9.90 Å². The van der Waals surface area contributed by atoms with E-state index in [1.165, 1.54) is 6.07 Å². The number of rotatable bonds is 1. The van der Waals surface area contributed by atoms with E-state index in [4.69, 9.17) is 5.73 Å². The highest BCUT2D eigenvalue weighted by atomic mass is 16.3. The maximum Gasteiger partial charge on any atom is 0.131 e. The van der Waals surface area contributed by atoms with Gasteiger partial charge >= 0.3 is 0 Å². The van der Waals surface area contributed by atoms with Crippen molar-refractivity contribution >= 4 is 12.0 Å². The highest BCUT2D eigenvalue weighted by molar-refractivity contribution is 5.58. The Hall–Kier alpha value is -1.95. The number of aromatic hydroxyl groups is 1. The van der Waals surface area contributed by atoms with Crippen molar-refractivity contribution in [2.75, 3.05) is 5.73 Å². The number of phenols is 1. The quantitative estimate of drug-likeness (QED) is 0.288. The molecule has 0 heterocycles. The monoisotopic (exact) mass is 175 g/mol. The number of hydrogen-bond acceptors (Lipinski definition) is 3. The fraction of sp³-hybridized carbons (Fsp3) is 0.100. The highest BCUT2D eigenvalue weighted by Gasteiger charge is 1.96. The molecule has 66 valence electrons. The van der Waals surface area contributed by atoms with Crippen molar-refractivity contribution in [1.82, 2.24) is 0 Å². The fourth-order valence-electron chi connectivity index (χ4n) is 0.842. The third-order valence-corrected chi connectivity index (χ3v) is 1.43. The Kier molecular flexibility index (Phi) is 2.93. The molecule has 1 rings (SSSR count). The molecule has 0 spiro atoms. The summed E-state index contributed by atoms with van der Waals surface area (Å²) in [5.41, 5.74) is 6.46. The van der Waals surface area contributed by atoms with Crippen molar-refractivity contribution < 1.29 is 9.90 Å². The van der Waals surface area contributed by atoms with Gasteiger partial charge in [0.1, 0.15) is 12.0 Å². The summed E-state index contributed by atoms with van der Waals surface area (Å²) in [6, 6.07) is 4.62. The lowest BCUT2D eigenvalue weighted by atomic mass is 10.2. The molecule has 3 nitrogen and oxygen atoms in total. The van der Waals surface area contributed by atoms with Crippen LogP contribution in [0.1, 0.15) is 12.0 Å². The molecule has 0 aliphatic rings. The average Bonchev–Trinajstić information content (AvgIpc) is 2.11. The number of hydrogen-bond donors (Lipinski definition) is 2. The number of carbonyl (C=O) groups is 1. The van der Waals surface area contributed by atoms with Gasteiger partial charge in [-0.05, 0) is 18.2 Å². The summed E-state index contributed by atoms with van der Waals surface area (Å²) < 4.78 is 0. The molecule has 0 aliphatic carbocycles. The largest absolute Gasteiger partial charge is 0.507 e. The van der Waals surface area contributed by atoms with E-state index in [1.807, 2.05) is 0 Å². The highest BCUT2D eigenvalue weighted by Crippen LogP contribution is 2.18. The predicted molar refractivity (Wildman–Crippen MR) is 50.1 cm³/mol. The minimum Gasteiger partial charge on any atom is -0.507 e. The Morgan fingerprint density at radius 3 is 3.00 bits per heavy atom. The first-order valence-corrected chi connectivity index (χ1v) is 3.75. The number of aldehydes is 1. The van der Waals surface area contributed by atoms with E-state index in [2.05, 4.69) is 11.8 Å². The third-order valence-electron chi connectivity index (χ3n) is 1.43. The summed E-state index contributed by atoms with van der Waals surface area (Å²) in [7, 11) is 0. The second-order valence-corrected chi connectivity index (χ2v) is 2.45. The van der Waals surface area contributed by atoms with Gasteiger partial charge < -0.3 is 15.6 Å². The molecular formula is C10H9NO2. The molecule has 0 bridgehead atoms. The molecule has 0 aliphatic heterocycles. The fourth-order valence-corrected chi connectivity index (χ4v) is 0.842. The summed E-state index contributed by atoms with van der Waals surface area (Å²) in [6.07, 6.45) is 0.866. The van der Waals surface area contributed by atoms with E-state index in [-0.39, 0.29) is 12.2 Å². The van der Waals surface area contributed by atoms with Crippen LogP contribution in [0.2, 0.25) is 0 Å². The van der Waals surface area contributed by atoms with Crippen LogP contribution in [0.25, 0.3) is 0 Å². The van der Waals surface area contributed by atoms with Gasteiger partial charge in [0.2, 0.25) is 0 Å². The lowest BCUT2D eigenvalue weighted by Gasteiger charge is -1.97. The van der Waals surface area contributed by atoms with Gasteiger partial charge in [-0.25, -0.2) is 0 Å². The van der Waals surface area contributed by atoms with Crippen LogP contribution in [0.4, 0.5) is 5.69 Å². The van der Waals surface area contributed by atoms with Crippen LogP contribution >= 0.6 is 0 Å². The summed E-state index contributed by atoms with van der Waals surface area (Å²) in [6.45, 7) is 0. The lowest BCUT2D eigenvalue weighted by Crippen LogP contribution is -1.85. The molecule has 0 saturated heterocycles. The van der Waals surface area contributed by atoms with E-state index < -0.39 is 0 Å². The van der Waals surface area contributed by atoms with Crippen LogP contribution in [0.5, 0.6) is 5.75 Å². The van der Waals surface area contributed by atoms with Crippen LogP contribution in [-0.2, 0) is 4.79 Å². The van der Waals surface area contributed by atoms with Gasteiger partial charge in [0, 0.05) is 5.69 Å². The van der Waals surface area contributed by atoms with Crippen LogP contribution < -0.4 is 5.73 Å². The molecule has 3 N–H and O–H groups in total. The standard InChI is InChI=1S/C10H9NO2/c11-9-4-5-10(13)8(7-9)3-1-2-6-12/h4-7,13H,2,11H2. The van der Waals surface area contributed by atoms with Crippen LogP contribution in [-0.4, -0.2) is 11.4 Å². The van der Waals surface area contributed by atoms with Gasteiger partial charge in [0.05, 0.1) is 12.0 Å². The Labute approximate surface area is 76.2 Å². The maximum atomic E-state index is 9.96. The first kappa shape index (κ1) is 9.14. The van der Waals surface area contributed by atoms with Crippen molar-refractivity contribution in [2.45, 2.75) is 6.42 Å². The molecule has 13 heavy (non-hydrogen) atoms. The lowest BCUT2D eigenvalue weighted by molar-refractivity contribution is -0.107. The zero-order chi connectivity index (χ0) is 9.68. The normalized spacial score (nSPS) is 8.62. The van der Waals surface area contributed by atoms with E-state index in [0.717, 1.165) is 0 Å². The van der Waals surface area contributed by atoms with Gasteiger partial charge in [-0.2, -0.15) is 0 Å². The smallest absolute Gasteiger partial charge is 0.131 e. The molecule has 0 saturated carbocycles. The molecule has 1 aromatic carbocycles. The number of phenolic OH excluding ortho intramolecular Hbond substituents is 1. The number of carbonyl (C=O) groups excluding carboxylic acids is 1. The zero-order valence-electron chi connectivity index (χ0n) is 6.95. The minimum absolute atomic E-state index is 0.0765. The van der Waals surface area contributed by atoms with Gasteiger partial charge in [-0.15, -0.1) is 0 Å². The molecule has 0 fully saturated rings. The Balaban J connectivity index is 2.95. The summed E-state index contributed by atoms with van der Waals surface area (Å²) in [4.78, 5) is 9.96. The molecule has 0 unspecified atom stereocenters. The van der Waals surface area contributed by atoms with Crippen molar-refractivity contribution in [1.29, 1.82) is 0 Å². The number of nitrogen functional groups attached to an aromatic ring is 1. The first-order chi connectivity index (χ1) is 6.24. The van der Waals surface area contributed by atoms with Crippen LogP contribution in [0.15, 0.2) is 18.2 Å². The van der Waals surface area contributed by atoms with Crippen molar-refractivity contribution in [3.8, 4) is 17.6 Å². The molecule has 0 atom stereocenters. The minimum atomic E-state index is 0.0765. The second kappa shape index (κ2) is 4.17. The van der Waals surface area contributed by atoms with Crippen LogP contribution in [0.3, 0.4) is 0 Å². The number of anilines is 1. The Morgan fingerprint density at radius 1 is 1.54 bits per heavy atom. The maximum absolute atomic E-state index is 9.96. The first-order valence-electron chi connectivity index (χ1n) is 3.75.